The summed E-state index contributed by atoms with van der Waals surface area (Å²) in [5, 5.41) is 10.0. The normalized spacial score (nSPS) is 25.4. The van der Waals surface area contributed by atoms with Crippen LogP contribution in [0.15, 0.2) is 30.8 Å². The first-order chi connectivity index (χ1) is 17.1. The zero-order valence-corrected chi connectivity index (χ0v) is 20.6. The topological polar surface area (TPSA) is 69.3 Å². The molecule has 196 valence electrons. The lowest BCUT2D eigenvalue weighted by Crippen LogP contribution is -2.46. The molecule has 4 rings (SSSR count). The van der Waals surface area contributed by atoms with Gasteiger partial charge in [-0.3, -0.25) is 4.79 Å². The zero-order chi connectivity index (χ0) is 26.0. The summed E-state index contributed by atoms with van der Waals surface area (Å²) in [6.45, 7) is 4.32. The molecule has 1 saturated heterocycles. The van der Waals surface area contributed by atoms with Gasteiger partial charge in [0.1, 0.15) is 12.0 Å². The third kappa shape index (κ3) is 5.74. The number of pyridine rings is 1. The molecular formula is C26H33F4N5O. The number of hydrogen-bond acceptors (Lipinski definition) is 5. The number of allylic oxidation sites excluding steroid dienone is 1. The number of aromatic nitrogens is 1. The fraction of sp³-hybridized carbons (Fsp3) is 0.538. The number of fused-ring (bicyclic) bond motifs is 1. The van der Waals surface area contributed by atoms with Crippen molar-refractivity contribution in [2.45, 2.75) is 56.5 Å². The molecule has 2 aliphatic rings. The number of likely N-dealkylation sites (tertiary alicyclic amines) is 1. The van der Waals surface area contributed by atoms with Crippen molar-refractivity contribution in [2.24, 2.45) is 5.92 Å². The molecule has 36 heavy (non-hydrogen) atoms. The third-order valence-electron chi connectivity index (χ3n) is 7.28. The second kappa shape index (κ2) is 10.6. The molecule has 1 aromatic heterocycles. The Hall–Kier alpha value is -2.88. The number of piperidine rings is 1. The lowest BCUT2D eigenvalue weighted by Gasteiger charge is -2.33. The maximum Gasteiger partial charge on any atom is 0.417 e. The van der Waals surface area contributed by atoms with Crippen LogP contribution >= 0.6 is 0 Å². The van der Waals surface area contributed by atoms with Crippen LogP contribution in [0.5, 0.6) is 0 Å². The first-order valence-electron chi connectivity index (χ1n) is 12.3. The molecule has 1 saturated carbocycles. The summed E-state index contributed by atoms with van der Waals surface area (Å²) in [7, 11) is 3.48. The van der Waals surface area contributed by atoms with Crippen LogP contribution in [0.4, 0.5) is 29.1 Å². The van der Waals surface area contributed by atoms with Crippen molar-refractivity contribution in [3.8, 4) is 0 Å². The molecule has 2 aromatic rings. The van der Waals surface area contributed by atoms with Crippen LogP contribution in [0.1, 0.15) is 37.8 Å². The van der Waals surface area contributed by atoms with Gasteiger partial charge in [0, 0.05) is 48.6 Å². The summed E-state index contributed by atoms with van der Waals surface area (Å²) in [5.74, 6) is 0.259. The van der Waals surface area contributed by atoms with E-state index in [4.69, 9.17) is 0 Å². The molecule has 1 unspecified atom stereocenters. The number of nitrogens with zero attached hydrogens (tertiary/aromatic N) is 2. The van der Waals surface area contributed by atoms with E-state index >= 15 is 0 Å². The number of rotatable bonds is 6. The molecule has 0 bridgehead atoms. The molecule has 10 heteroatoms. The SMILES string of the molecule is C=C(c1nc(NC2CCC(C(=O)NC)CC2)cc2c(N[C@@H]3CCN(C)CC3F)cccc12)C(F)(F)F. The van der Waals surface area contributed by atoms with Gasteiger partial charge in [-0.05, 0) is 51.3 Å². The molecule has 1 aliphatic carbocycles. The average molecular weight is 508 g/mol. The van der Waals surface area contributed by atoms with Gasteiger partial charge in [-0.15, -0.1) is 0 Å². The highest BCUT2D eigenvalue weighted by molar-refractivity contribution is 6.01. The highest BCUT2D eigenvalue weighted by atomic mass is 19.4. The van der Waals surface area contributed by atoms with Crippen molar-refractivity contribution in [3.63, 3.8) is 0 Å². The van der Waals surface area contributed by atoms with E-state index in [0.717, 1.165) is 6.54 Å². The Balaban J connectivity index is 1.66. The van der Waals surface area contributed by atoms with Crippen LogP contribution in [-0.2, 0) is 4.79 Å². The fourth-order valence-electron chi connectivity index (χ4n) is 5.17. The van der Waals surface area contributed by atoms with Crippen LogP contribution in [0.3, 0.4) is 0 Å². The number of benzene rings is 1. The Morgan fingerprint density at radius 2 is 1.83 bits per heavy atom. The van der Waals surface area contributed by atoms with E-state index in [0.29, 0.717) is 60.9 Å². The summed E-state index contributed by atoms with van der Waals surface area (Å²) in [5.41, 5.74) is -0.709. The molecule has 2 heterocycles. The molecule has 6 nitrogen and oxygen atoms in total. The Morgan fingerprint density at radius 1 is 1.11 bits per heavy atom. The molecule has 0 radical (unpaired) electrons. The van der Waals surface area contributed by atoms with E-state index < -0.39 is 24.0 Å². The Labute approximate surface area is 208 Å². The van der Waals surface area contributed by atoms with E-state index in [1.807, 2.05) is 11.9 Å². The van der Waals surface area contributed by atoms with E-state index in [-0.39, 0.29) is 23.6 Å². The monoisotopic (exact) mass is 507 g/mol. The Morgan fingerprint density at radius 3 is 2.47 bits per heavy atom. The first kappa shape index (κ1) is 26.2. The zero-order valence-electron chi connectivity index (χ0n) is 20.6. The Kier molecular flexibility index (Phi) is 7.73. The van der Waals surface area contributed by atoms with Crippen LogP contribution in [0.25, 0.3) is 16.3 Å². The number of carbonyl (C=O) groups excluding carboxylic acids is 1. The van der Waals surface area contributed by atoms with Crippen molar-refractivity contribution in [1.82, 2.24) is 15.2 Å². The smallest absolute Gasteiger partial charge is 0.379 e. The van der Waals surface area contributed by atoms with Gasteiger partial charge in [-0.1, -0.05) is 18.7 Å². The quantitative estimate of drug-likeness (QED) is 0.481. The number of halogens is 4. The van der Waals surface area contributed by atoms with Gasteiger partial charge in [0.25, 0.3) is 0 Å². The Bertz CT molecular complexity index is 1110. The van der Waals surface area contributed by atoms with Gasteiger partial charge in [0.2, 0.25) is 5.91 Å². The van der Waals surface area contributed by atoms with Crippen LogP contribution in [0, 0.1) is 5.92 Å². The minimum absolute atomic E-state index is 0.0110. The molecule has 1 amide bonds. The number of anilines is 2. The third-order valence-corrected chi connectivity index (χ3v) is 7.28. The standard InChI is InChI=1S/C26H33F4N5O/c1-15(26(28,29)30)24-18-5-4-6-21(33-22-11-12-35(3)14-20(22)27)19(18)13-23(34-24)32-17-9-7-16(8-10-17)25(36)31-2/h4-6,13,16-17,20,22,33H,1,7-12,14H2,2-3H3,(H,31,36)(H,32,34)/t16?,17?,20?,22-/m1/s1. The largest absolute Gasteiger partial charge is 0.417 e. The van der Waals surface area contributed by atoms with Crippen LogP contribution in [0.2, 0.25) is 0 Å². The maximum atomic E-state index is 14.7. The summed E-state index contributed by atoms with van der Waals surface area (Å²) in [6.07, 6.45) is -2.38. The summed E-state index contributed by atoms with van der Waals surface area (Å²) >= 11 is 0. The molecule has 1 aromatic carbocycles. The van der Waals surface area contributed by atoms with Crippen molar-refractivity contribution in [3.05, 3.63) is 36.5 Å². The highest BCUT2D eigenvalue weighted by Gasteiger charge is 2.36. The van der Waals surface area contributed by atoms with Crippen molar-refractivity contribution >= 4 is 33.8 Å². The fourth-order valence-corrected chi connectivity index (χ4v) is 5.17. The second-order valence-electron chi connectivity index (χ2n) is 9.86. The van der Waals surface area contributed by atoms with Crippen molar-refractivity contribution in [2.75, 3.05) is 37.8 Å². The van der Waals surface area contributed by atoms with Gasteiger partial charge in [-0.25, -0.2) is 9.37 Å². The summed E-state index contributed by atoms with van der Waals surface area (Å²) in [4.78, 5) is 18.2. The van der Waals surface area contributed by atoms with E-state index in [2.05, 4.69) is 27.5 Å². The lowest BCUT2D eigenvalue weighted by molar-refractivity contribution is -0.125. The molecule has 3 N–H and O–H groups in total. The van der Waals surface area contributed by atoms with E-state index in [9.17, 15) is 22.4 Å². The number of nitrogens with one attached hydrogen (secondary N) is 3. The first-order valence-corrected chi connectivity index (χ1v) is 12.3. The molecule has 2 fully saturated rings. The number of carbonyl (C=O) groups is 1. The van der Waals surface area contributed by atoms with Gasteiger partial charge in [0.05, 0.1) is 17.3 Å². The van der Waals surface area contributed by atoms with Crippen LogP contribution in [-0.4, -0.2) is 67.4 Å². The predicted octanol–water partition coefficient (Wildman–Crippen LogP) is 4.98. The van der Waals surface area contributed by atoms with Gasteiger partial charge in [0.15, 0.2) is 0 Å². The van der Waals surface area contributed by atoms with E-state index in [1.54, 1.807) is 31.3 Å². The summed E-state index contributed by atoms with van der Waals surface area (Å²) in [6, 6.07) is 6.25. The van der Waals surface area contributed by atoms with E-state index in [1.165, 1.54) is 0 Å². The molecule has 2 atom stereocenters. The molecule has 0 spiro atoms. The van der Waals surface area contributed by atoms with Crippen molar-refractivity contribution in [1.29, 1.82) is 0 Å². The highest BCUT2D eigenvalue weighted by Crippen LogP contribution is 2.38. The van der Waals surface area contributed by atoms with Gasteiger partial charge < -0.3 is 20.9 Å². The van der Waals surface area contributed by atoms with Gasteiger partial charge >= 0.3 is 6.18 Å². The molecular weight excluding hydrogens is 474 g/mol. The maximum absolute atomic E-state index is 14.7. The predicted molar refractivity (Wildman–Crippen MR) is 135 cm³/mol. The lowest BCUT2D eigenvalue weighted by atomic mass is 9.85. The number of hydrogen-bond donors (Lipinski definition) is 3. The molecule has 1 aliphatic heterocycles. The minimum Gasteiger partial charge on any atom is -0.379 e. The second-order valence-corrected chi connectivity index (χ2v) is 9.86. The van der Waals surface area contributed by atoms with Crippen molar-refractivity contribution < 1.29 is 22.4 Å². The van der Waals surface area contributed by atoms with Gasteiger partial charge in [-0.2, -0.15) is 13.2 Å². The minimum atomic E-state index is -4.65. The summed E-state index contributed by atoms with van der Waals surface area (Å²) < 4.78 is 55.8. The number of amides is 1. The van der Waals surface area contributed by atoms with Crippen LogP contribution < -0.4 is 16.0 Å². The average Bonchev–Trinajstić information content (AvgIpc) is 2.84. The number of alkyl halides is 4.